The third-order valence-corrected chi connectivity index (χ3v) is 3.62. The summed E-state index contributed by atoms with van der Waals surface area (Å²) in [5, 5.41) is 0. The molecule has 0 aliphatic heterocycles. The van der Waals surface area contributed by atoms with Gasteiger partial charge in [0.25, 0.3) is 0 Å². The van der Waals surface area contributed by atoms with Crippen LogP contribution in [0.2, 0.25) is 0 Å². The van der Waals surface area contributed by atoms with Crippen molar-refractivity contribution in [2.24, 2.45) is 11.8 Å². The molecule has 1 rings (SSSR count). The predicted octanol–water partition coefficient (Wildman–Crippen LogP) is 3.91. The lowest BCUT2D eigenvalue weighted by Gasteiger charge is -2.31. The van der Waals surface area contributed by atoms with Crippen LogP contribution in [0.5, 0.6) is 0 Å². The van der Waals surface area contributed by atoms with E-state index in [4.69, 9.17) is 23.2 Å². The second-order valence-corrected chi connectivity index (χ2v) is 4.38. The molecule has 0 aromatic heterocycles. The van der Waals surface area contributed by atoms with Crippen LogP contribution in [0, 0.1) is 11.8 Å². The van der Waals surface area contributed by atoms with E-state index in [-0.39, 0.29) is 18.8 Å². The first kappa shape index (κ1) is 11.5. The Balaban J connectivity index is 2.39. The van der Waals surface area contributed by atoms with Crippen molar-refractivity contribution in [2.45, 2.75) is 31.6 Å². The maximum atomic E-state index is 12.8. The fourth-order valence-electron chi connectivity index (χ4n) is 1.83. The van der Waals surface area contributed by atoms with Crippen molar-refractivity contribution in [2.75, 3.05) is 11.8 Å². The fourth-order valence-corrected chi connectivity index (χ4v) is 2.66. The van der Waals surface area contributed by atoms with Gasteiger partial charge in [-0.1, -0.05) is 0 Å². The maximum Gasteiger partial charge on any atom is 0.248 e. The van der Waals surface area contributed by atoms with Crippen LogP contribution in [0.15, 0.2) is 0 Å². The van der Waals surface area contributed by atoms with Gasteiger partial charge in [-0.15, -0.1) is 23.2 Å². The van der Waals surface area contributed by atoms with E-state index >= 15 is 0 Å². The Morgan fingerprint density at radius 3 is 2.00 bits per heavy atom. The van der Waals surface area contributed by atoms with Crippen molar-refractivity contribution < 1.29 is 8.78 Å². The van der Waals surface area contributed by atoms with Gasteiger partial charge >= 0.3 is 0 Å². The minimum Gasteiger partial charge on any atom is -0.207 e. The molecule has 1 fully saturated rings. The van der Waals surface area contributed by atoms with Crippen LogP contribution in [-0.2, 0) is 0 Å². The summed E-state index contributed by atoms with van der Waals surface area (Å²) in [5.41, 5.74) is 0. The topological polar surface area (TPSA) is 0 Å². The summed E-state index contributed by atoms with van der Waals surface area (Å²) in [5.74, 6) is -0.965. The van der Waals surface area contributed by atoms with Gasteiger partial charge in [0.15, 0.2) is 0 Å². The fraction of sp³-hybridized carbons (Fsp3) is 1.00. The Morgan fingerprint density at radius 2 is 1.62 bits per heavy atom. The standard InChI is InChI=1S/C9H14Cl2F2/c10-5-8(6-11)7-1-3-9(12,13)4-2-7/h7-8H,1-6H2. The van der Waals surface area contributed by atoms with Crippen molar-refractivity contribution in [1.82, 2.24) is 0 Å². The second-order valence-electron chi connectivity index (χ2n) is 3.76. The van der Waals surface area contributed by atoms with E-state index in [0.29, 0.717) is 30.5 Å². The summed E-state index contributed by atoms with van der Waals surface area (Å²) in [4.78, 5) is 0. The van der Waals surface area contributed by atoms with Gasteiger partial charge < -0.3 is 0 Å². The molecule has 13 heavy (non-hydrogen) atoms. The van der Waals surface area contributed by atoms with E-state index in [1.165, 1.54) is 0 Å². The van der Waals surface area contributed by atoms with Gasteiger partial charge in [-0.3, -0.25) is 0 Å². The van der Waals surface area contributed by atoms with E-state index in [2.05, 4.69) is 0 Å². The quantitative estimate of drug-likeness (QED) is 0.646. The van der Waals surface area contributed by atoms with Crippen LogP contribution < -0.4 is 0 Å². The van der Waals surface area contributed by atoms with Crippen molar-refractivity contribution >= 4 is 23.2 Å². The van der Waals surface area contributed by atoms with Crippen LogP contribution in [-0.4, -0.2) is 17.7 Å². The third-order valence-electron chi connectivity index (χ3n) is 2.82. The molecule has 0 spiro atoms. The highest BCUT2D eigenvalue weighted by Gasteiger charge is 2.37. The Kier molecular flexibility index (Phi) is 4.24. The van der Waals surface area contributed by atoms with Crippen LogP contribution in [0.1, 0.15) is 25.7 Å². The molecule has 1 aliphatic rings. The van der Waals surface area contributed by atoms with Crippen molar-refractivity contribution in [3.63, 3.8) is 0 Å². The Hall–Kier alpha value is 0.440. The van der Waals surface area contributed by atoms with E-state index in [1.54, 1.807) is 0 Å². The zero-order valence-electron chi connectivity index (χ0n) is 7.41. The van der Waals surface area contributed by atoms with Gasteiger partial charge in [0.2, 0.25) is 5.92 Å². The van der Waals surface area contributed by atoms with Gasteiger partial charge in [-0.05, 0) is 24.7 Å². The number of halogens is 4. The molecule has 0 amide bonds. The molecule has 1 saturated carbocycles. The molecule has 0 aromatic rings. The zero-order chi connectivity index (χ0) is 9.90. The zero-order valence-corrected chi connectivity index (χ0v) is 8.92. The second kappa shape index (κ2) is 4.79. The summed E-state index contributed by atoms with van der Waals surface area (Å²) in [6.45, 7) is 0. The SMILES string of the molecule is FC1(F)CCC(C(CCl)CCl)CC1. The first-order valence-electron chi connectivity index (χ1n) is 4.59. The van der Waals surface area contributed by atoms with Gasteiger partial charge in [0, 0.05) is 24.6 Å². The summed E-state index contributed by atoms with van der Waals surface area (Å²) in [7, 11) is 0. The average Bonchev–Trinajstić information content (AvgIpc) is 2.09. The van der Waals surface area contributed by atoms with Crippen molar-refractivity contribution in [3.05, 3.63) is 0 Å². The molecule has 0 radical (unpaired) electrons. The predicted molar refractivity (Wildman–Crippen MR) is 51.8 cm³/mol. The molecule has 0 unspecified atom stereocenters. The Labute approximate surface area is 87.6 Å². The van der Waals surface area contributed by atoms with Gasteiger partial charge in [0.05, 0.1) is 0 Å². The van der Waals surface area contributed by atoms with Crippen molar-refractivity contribution in [3.8, 4) is 0 Å². The lowest BCUT2D eigenvalue weighted by atomic mass is 9.80. The summed E-state index contributed by atoms with van der Waals surface area (Å²) >= 11 is 11.4. The highest BCUT2D eigenvalue weighted by Crippen LogP contribution is 2.39. The summed E-state index contributed by atoms with van der Waals surface area (Å²) in [6, 6.07) is 0. The highest BCUT2D eigenvalue weighted by atomic mass is 35.5. The molecule has 0 saturated heterocycles. The first-order valence-corrected chi connectivity index (χ1v) is 5.65. The van der Waals surface area contributed by atoms with E-state index in [9.17, 15) is 8.78 Å². The molecular weight excluding hydrogens is 217 g/mol. The van der Waals surface area contributed by atoms with Crippen LogP contribution >= 0.6 is 23.2 Å². The first-order chi connectivity index (χ1) is 6.09. The lowest BCUT2D eigenvalue weighted by molar-refractivity contribution is -0.0501. The van der Waals surface area contributed by atoms with Crippen LogP contribution in [0.3, 0.4) is 0 Å². The van der Waals surface area contributed by atoms with E-state index < -0.39 is 5.92 Å². The molecule has 78 valence electrons. The summed E-state index contributed by atoms with van der Waals surface area (Å²) in [6.07, 6.45) is 1.14. The van der Waals surface area contributed by atoms with Crippen molar-refractivity contribution in [1.29, 1.82) is 0 Å². The molecule has 0 bridgehead atoms. The molecule has 4 heteroatoms. The molecular formula is C9H14Cl2F2. The molecule has 0 nitrogen and oxygen atoms in total. The van der Waals surface area contributed by atoms with Gasteiger partial charge in [-0.2, -0.15) is 0 Å². The number of alkyl halides is 4. The van der Waals surface area contributed by atoms with E-state index in [0.717, 1.165) is 0 Å². The Morgan fingerprint density at radius 1 is 1.15 bits per heavy atom. The van der Waals surface area contributed by atoms with E-state index in [1.807, 2.05) is 0 Å². The average molecular weight is 231 g/mol. The minimum atomic E-state index is -2.44. The number of hydrogen-bond acceptors (Lipinski definition) is 0. The third kappa shape index (κ3) is 3.25. The highest BCUT2D eigenvalue weighted by molar-refractivity contribution is 6.20. The smallest absolute Gasteiger partial charge is 0.207 e. The largest absolute Gasteiger partial charge is 0.248 e. The van der Waals surface area contributed by atoms with Crippen LogP contribution in [0.4, 0.5) is 8.78 Å². The maximum absolute atomic E-state index is 12.8. The van der Waals surface area contributed by atoms with Gasteiger partial charge in [0.1, 0.15) is 0 Å². The van der Waals surface area contributed by atoms with Gasteiger partial charge in [-0.25, -0.2) is 8.78 Å². The molecule has 0 atom stereocenters. The van der Waals surface area contributed by atoms with Crippen LogP contribution in [0.25, 0.3) is 0 Å². The minimum absolute atomic E-state index is 0.00193. The molecule has 0 heterocycles. The number of rotatable bonds is 3. The Bertz CT molecular complexity index is 148. The molecule has 0 aromatic carbocycles. The normalized spacial score (nSPS) is 23.8. The molecule has 1 aliphatic carbocycles. The number of hydrogen-bond donors (Lipinski definition) is 0. The monoisotopic (exact) mass is 230 g/mol. The summed E-state index contributed by atoms with van der Waals surface area (Å²) < 4.78 is 25.6. The lowest BCUT2D eigenvalue weighted by Crippen LogP contribution is -2.29. The molecule has 0 N–H and O–H groups in total.